The van der Waals surface area contributed by atoms with E-state index in [0.29, 0.717) is 36.2 Å². The summed E-state index contributed by atoms with van der Waals surface area (Å²) in [4.78, 5) is 41.7. The number of nitrogens with zero attached hydrogens (tertiary/aromatic N) is 5. The van der Waals surface area contributed by atoms with Gasteiger partial charge < -0.3 is 25.4 Å². The van der Waals surface area contributed by atoms with Crippen LogP contribution in [0.15, 0.2) is 51.5 Å². The van der Waals surface area contributed by atoms with Crippen LogP contribution in [0.1, 0.15) is 43.6 Å². The Kier molecular flexibility index (Phi) is 11.5. The molecule has 11 nitrogen and oxygen atoms in total. The van der Waals surface area contributed by atoms with Crippen molar-refractivity contribution in [1.82, 2.24) is 9.88 Å². The molecule has 2 amide bonds. The van der Waals surface area contributed by atoms with Gasteiger partial charge in [-0.3, -0.25) is 9.59 Å². The van der Waals surface area contributed by atoms with Gasteiger partial charge in [0.15, 0.2) is 11.6 Å². The van der Waals surface area contributed by atoms with Gasteiger partial charge in [-0.15, -0.1) is 0 Å². The number of halogens is 1. The van der Waals surface area contributed by atoms with Crippen LogP contribution in [-0.2, 0) is 9.53 Å². The van der Waals surface area contributed by atoms with E-state index < -0.39 is 11.8 Å². The largest absolute Gasteiger partial charge is 0.423 e. The molecule has 0 saturated carbocycles. The van der Waals surface area contributed by atoms with Gasteiger partial charge in [0, 0.05) is 44.9 Å². The molecule has 0 aliphatic rings. The predicted octanol–water partition coefficient (Wildman–Crippen LogP) is 3.11. The summed E-state index contributed by atoms with van der Waals surface area (Å²) in [6, 6.07) is 6.76. The Morgan fingerprint density at radius 3 is 2.42 bits per heavy atom. The number of ether oxygens (including phenoxy) is 2. The number of benzene rings is 1. The number of aliphatic imine (C=N–C) groups is 3. The highest BCUT2D eigenvalue weighted by Crippen LogP contribution is 2.19. The number of carbonyl (C=O) groups excluding carboxylic acids is 2. The summed E-state index contributed by atoms with van der Waals surface area (Å²) in [5.41, 5.74) is 7.26. The molecular weight excluding hydrogens is 493 g/mol. The highest BCUT2D eigenvalue weighted by Gasteiger charge is 2.13. The van der Waals surface area contributed by atoms with Crippen LogP contribution in [0.2, 0.25) is 0 Å². The third-order valence-corrected chi connectivity index (χ3v) is 4.70. The average molecular weight is 528 g/mol. The molecular formula is C26H34FN7O4. The Morgan fingerprint density at radius 1 is 1.13 bits per heavy atom. The molecule has 0 bridgehead atoms. The number of nitrogens with two attached hydrogens (primary N) is 1. The van der Waals surface area contributed by atoms with E-state index >= 15 is 0 Å². The first-order chi connectivity index (χ1) is 18.0. The summed E-state index contributed by atoms with van der Waals surface area (Å²) in [7, 11) is 3.14. The molecule has 0 spiro atoms. The molecule has 0 aliphatic heterocycles. The Hall–Kier alpha value is -4.19. The van der Waals surface area contributed by atoms with Gasteiger partial charge in [-0.2, -0.15) is 4.99 Å². The van der Waals surface area contributed by atoms with Crippen LogP contribution in [-0.4, -0.2) is 73.2 Å². The molecule has 1 aromatic heterocycles. The molecule has 0 aliphatic carbocycles. The number of amides is 2. The van der Waals surface area contributed by atoms with Crippen molar-refractivity contribution in [2.75, 3.05) is 39.2 Å². The molecule has 0 radical (unpaired) electrons. The summed E-state index contributed by atoms with van der Waals surface area (Å²) < 4.78 is 25.5. The third-order valence-electron chi connectivity index (χ3n) is 4.70. The summed E-state index contributed by atoms with van der Waals surface area (Å²) in [6.45, 7) is 8.38. The van der Waals surface area contributed by atoms with E-state index in [4.69, 9.17) is 15.2 Å². The third kappa shape index (κ3) is 10.1. The summed E-state index contributed by atoms with van der Waals surface area (Å²) in [6.07, 6.45) is 1.54. The quantitative estimate of drug-likeness (QED) is 0.291. The second kappa shape index (κ2) is 14.5. The molecule has 38 heavy (non-hydrogen) atoms. The van der Waals surface area contributed by atoms with Crippen LogP contribution in [0.3, 0.4) is 0 Å². The molecule has 0 unspecified atom stereocenters. The Bertz CT molecular complexity index is 1210. The number of nitrogens with one attached hydrogen (secondary N) is 1. The lowest BCUT2D eigenvalue weighted by Crippen LogP contribution is -2.23. The summed E-state index contributed by atoms with van der Waals surface area (Å²) >= 11 is 0. The maximum atomic E-state index is 14.6. The van der Waals surface area contributed by atoms with Crippen molar-refractivity contribution in [3.63, 3.8) is 0 Å². The van der Waals surface area contributed by atoms with E-state index in [-0.39, 0.29) is 35.6 Å². The number of guanidine groups is 1. The summed E-state index contributed by atoms with van der Waals surface area (Å²) in [5, 5.41) is 2.59. The Morgan fingerprint density at radius 2 is 1.84 bits per heavy atom. The van der Waals surface area contributed by atoms with Crippen LogP contribution >= 0.6 is 0 Å². The molecule has 204 valence electrons. The van der Waals surface area contributed by atoms with Crippen LogP contribution in [0.5, 0.6) is 5.75 Å². The second-order valence-electron chi connectivity index (χ2n) is 8.86. The van der Waals surface area contributed by atoms with Gasteiger partial charge in [-0.25, -0.2) is 19.4 Å². The average Bonchev–Trinajstić information content (AvgIpc) is 2.84. The van der Waals surface area contributed by atoms with Crippen molar-refractivity contribution in [3.8, 4) is 5.75 Å². The van der Waals surface area contributed by atoms with Crippen molar-refractivity contribution in [2.24, 2.45) is 26.6 Å². The molecule has 0 saturated heterocycles. The van der Waals surface area contributed by atoms with Crippen molar-refractivity contribution >= 4 is 35.3 Å². The topological polar surface area (TPSA) is 144 Å². The lowest BCUT2D eigenvalue weighted by atomic mass is 10.2. The van der Waals surface area contributed by atoms with Gasteiger partial charge in [-0.05, 0) is 43.2 Å². The lowest BCUT2D eigenvalue weighted by Gasteiger charge is -2.11. The SMILES string of the molecule is CC(=O)Nc1ccc(C(C)=NC(=NCCOCC(C)C)N=C(N)Oc2ccc(C(=O)N(C)C)cc2F)cn1. The minimum absolute atomic E-state index is 0.0149. The number of pyridine rings is 1. The zero-order chi connectivity index (χ0) is 28.2. The van der Waals surface area contributed by atoms with E-state index in [9.17, 15) is 14.0 Å². The smallest absolute Gasteiger partial charge is 0.295 e. The molecule has 12 heteroatoms. The lowest BCUT2D eigenvalue weighted by molar-refractivity contribution is -0.114. The fourth-order valence-electron chi connectivity index (χ4n) is 2.91. The van der Waals surface area contributed by atoms with Crippen LogP contribution in [0.25, 0.3) is 0 Å². The van der Waals surface area contributed by atoms with Crippen molar-refractivity contribution in [3.05, 3.63) is 53.5 Å². The van der Waals surface area contributed by atoms with E-state index in [0.717, 1.165) is 6.07 Å². The predicted molar refractivity (Wildman–Crippen MR) is 145 cm³/mol. The molecule has 2 aromatic rings. The Labute approximate surface area is 221 Å². The first-order valence-electron chi connectivity index (χ1n) is 11.9. The number of hydrogen-bond donors (Lipinski definition) is 2. The van der Waals surface area contributed by atoms with E-state index in [1.165, 1.54) is 24.0 Å². The van der Waals surface area contributed by atoms with Gasteiger partial charge in [0.2, 0.25) is 11.9 Å². The highest BCUT2D eigenvalue weighted by molar-refractivity contribution is 6.07. The number of amidine groups is 1. The van der Waals surface area contributed by atoms with Crippen molar-refractivity contribution in [1.29, 1.82) is 0 Å². The van der Waals surface area contributed by atoms with Gasteiger partial charge in [0.05, 0.1) is 18.9 Å². The van der Waals surface area contributed by atoms with Gasteiger partial charge in [0.25, 0.3) is 11.9 Å². The minimum Gasteiger partial charge on any atom is -0.423 e. The number of carbonyl (C=O) groups is 2. The van der Waals surface area contributed by atoms with Gasteiger partial charge in [-0.1, -0.05) is 13.8 Å². The fraction of sp³-hybridized carbons (Fsp3) is 0.385. The maximum absolute atomic E-state index is 14.6. The van der Waals surface area contributed by atoms with Crippen LogP contribution in [0, 0.1) is 11.7 Å². The fourth-order valence-corrected chi connectivity index (χ4v) is 2.91. The molecule has 2 rings (SSSR count). The second-order valence-corrected chi connectivity index (χ2v) is 8.86. The zero-order valence-electron chi connectivity index (χ0n) is 22.5. The van der Waals surface area contributed by atoms with E-state index in [1.807, 2.05) is 13.8 Å². The molecule has 0 fully saturated rings. The molecule has 1 heterocycles. The monoisotopic (exact) mass is 527 g/mol. The molecule has 3 N–H and O–H groups in total. The highest BCUT2D eigenvalue weighted by atomic mass is 19.1. The summed E-state index contributed by atoms with van der Waals surface area (Å²) in [5.74, 6) is -0.801. The van der Waals surface area contributed by atoms with E-state index in [2.05, 4.69) is 25.3 Å². The van der Waals surface area contributed by atoms with Gasteiger partial charge in [0.1, 0.15) is 5.82 Å². The first kappa shape index (κ1) is 30.0. The van der Waals surface area contributed by atoms with Gasteiger partial charge >= 0.3 is 0 Å². The minimum atomic E-state index is -0.776. The molecule has 0 atom stereocenters. The maximum Gasteiger partial charge on any atom is 0.295 e. The first-order valence-corrected chi connectivity index (χ1v) is 11.9. The normalized spacial score (nSPS) is 12.5. The number of anilines is 1. The number of hydrogen-bond acceptors (Lipinski definition) is 6. The van der Waals surface area contributed by atoms with Crippen LogP contribution in [0.4, 0.5) is 10.2 Å². The van der Waals surface area contributed by atoms with Crippen LogP contribution < -0.4 is 15.8 Å². The van der Waals surface area contributed by atoms with Crippen molar-refractivity contribution < 1.29 is 23.5 Å². The van der Waals surface area contributed by atoms with E-state index in [1.54, 1.807) is 39.3 Å². The number of aromatic nitrogens is 1. The molecule has 1 aromatic carbocycles. The zero-order valence-corrected chi connectivity index (χ0v) is 22.5. The Balaban J connectivity index is 2.26. The van der Waals surface area contributed by atoms with Crippen molar-refractivity contribution in [2.45, 2.75) is 27.7 Å². The standard InChI is InChI=1S/C26H34FN7O4/c1-16(2)15-37-12-11-29-26(31-17(3)20-8-10-23(30-14-20)32-18(4)35)33-25(28)38-22-9-7-19(13-21(22)27)24(36)34(5)6/h7-10,13-14,16H,11-12,15H2,1-6H3,(H2,28,29,33)(H,30,32,35). The number of rotatable bonds is 9.